The van der Waals surface area contributed by atoms with E-state index in [2.05, 4.69) is 0 Å². The van der Waals surface area contributed by atoms with Crippen molar-refractivity contribution in [1.82, 2.24) is 4.90 Å². The molecule has 1 heterocycles. The molecule has 0 saturated carbocycles. The van der Waals surface area contributed by atoms with E-state index in [1.54, 1.807) is 4.90 Å². The monoisotopic (exact) mass is 294 g/mol. The molecule has 6 heteroatoms. The van der Waals surface area contributed by atoms with Gasteiger partial charge in [0.15, 0.2) is 6.61 Å². The predicted octanol–water partition coefficient (Wildman–Crippen LogP) is 1.97. The van der Waals surface area contributed by atoms with E-state index in [0.29, 0.717) is 13.1 Å². The van der Waals surface area contributed by atoms with Crippen LogP contribution in [0.15, 0.2) is 18.2 Å². The minimum Gasteiger partial charge on any atom is -0.452 e. The molecule has 0 spiro atoms. The van der Waals surface area contributed by atoms with E-state index >= 15 is 0 Å². The highest BCUT2D eigenvalue weighted by Gasteiger charge is 2.18. The third-order valence-corrected chi connectivity index (χ3v) is 3.52. The number of hydrogen-bond acceptors (Lipinski definition) is 4. The summed E-state index contributed by atoms with van der Waals surface area (Å²) < 4.78 is 18.2. The Hall–Kier alpha value is -2.11. The van der Waals surface area contributed by atoms with Crippen molar-refractivity contribution in [2.24, 2.45) is 0 Å². The van der Waals surface area contributed by atoms with Crippen LogP contribution in [0.1, 0.15) is 36.0 Å². The van der Waals surface area contributed by atoms with E-state index in [0.717, 1.165) is 31.7 Å². The number of nitrogen functional groups attached to an aromatic ring is 1. The van der Waals surface area contributed by atoms with Crippen LogP contribution in [0.5, 0.6) is 0 Å². The molecule has 1 aliphatic rings. The molecule has 0 radical (unpaired) electrons. The number of carbonyl (C=O) groups is 2. The third-order valence-electron chi connectivity index (χ3n) is 3.52. The van der Waals surface area contributed by atoms with Gasteiger partial charge in [-0.3, -0.25) is 4.79 Å². The van der Waals surface area contributed by atoms with Crippen molar-refractivity contribution >= 4 is 17.6 Å². The summed E-state index contributed by atoms with van der Waals surface area (Å²) in [6.07, 6.45) is 4.19. The van der Waals surface area contributed by atoms with Gasteiger partial charge in [-0.15, -0.1) is 0 Å². The summed E-state index contributed by atoms with van der Waals surface area (Å²) in [6, 6.07) is 3.67. The van der Waals surface area contributed by atoms with Crippen LogP contribution in [0.3, 0.4) is 0 Å². The minimum absolute atomic E-state index is 0.0350. The molecule has 1 fully saturated rings. The van der Waals surface area contributed by atoms with E-state index in [-0.39, 0.29) is 23.8 Å². The lowest BCUT2D eigenvalue weighted by Gasteiger charge is -2.19. The number of likely N-dealkylation sites (tertiary alicyclic amines) is 1. The van der Waals surface area contributed by atoms with Gasteiger partial charge < -0.3 is 15.4 Å². The molecular formula is C15H19FN2O3. The SMILES string of the molecule is Nc1ccc(C(=O)OCC(=O)N2CCCCCC2)cc1F. The van der Waals surface area contributed by atoms with Crippen molar-refractivity contribution in [3.05, 3.63) is 29.6 Å². The zero-order valence-electron chi connectivity index (χ0n) is 11.8. The van der Waals surface area contributed by atoms with Crippen LogP contribution < -0.4 is 5.73 Å². The maximum absolute atomic E-state index is 13.3. The first-order valence-electron chi connectivity index (χ1n) is 7.08. The largest absolute Gasteiger partial charge is 0.452 e. The fourth-order valence-electron chi connectivity index (χ4n) is 2.28. The van der Waals surface area contributed by atoms with Crippen molar-refractivity contribution in [2.75, 3.05) is 25.4 Å². The lowest BCUT2D eigenvalue weighted by molar-refractivity contribution is -0.134. The first-order chi connectivity index (χ1) is 10.1. The number of esters is 1. The van der Waals surface area contributed by atoms with E-state index in [1.165, 1.54) is 12.1 Å². The fourth-order valence-corrected chi connectivity index (χ4v) is 2.28. The second-order valence-corrected chi connectivity index (χ2v) is 5.11. The molecule has 1 aromatic carbocycles. The highest BCUT2D eigenvalue weighted by molar-refractivity contribution is 5.91. The van der Waals surface area contributed by atoms with Crippen LogP contribution in [-0.2, 0) is 9.53 Å². The summed E-state index contributed by atoms with van der Waals surface area (Å²) in [5.41, 5.74) is 5.35. The maximum atomic E-state index is 13.3. The Morgan fingerprint density at radius 2 is 1.86 bits per heavy atom. The Kier molecular flexibility index (Phi) is 5.14. The average molecular weight is 294 g/mol. The lowest BCUT2D eigenvalue weighted by Crippen LogP contribution is -2.35. The second-order valence-electron chi connectivity index (χ2n) is 5.11. The predicted molar refractivity (Wildman–Crippen MR) is 76.1 cm³/mol. The Morgan fingerprint density at radius 1 is 1.19 bits per heavy atom. The summed E-state index contributed by atoms with van der Waals surface area (Å²) in [5, 5.41) is 0. The topological polar surface area (TPSA) is 72.6 Å². The molecule has 2 rings (SSSR count). The van der Waals surface area contributed by atoms with Gasteiger partial charge in [-0.1, -0.05) is 12.8 Å². The summed E-state index contributed by atoms with van der Waals surface area (Å²) >= 11 is 0. The van der Waals surface area contributed by atoms with Crippen LogP contribution in [0, 0.1) is 5.82 Å². The smallest absolute Gasteiger partial charge is 0.338 e. The van der Waals surface area contributed by atoms with Crippen molar-refractivity contribution in [2.45, 2.75) is 25.7 Å². The molecule has 1 aliphatic heterocycles. The number of ether oxygens (including phenoxy) is 1. The Balaban J connectivity index is 1.87. The minimum atomic E-state index is -0.725. The molecule has 0 bridgehead atoms. The van der Waals surface area contributed by atoms with Crippen molar-refractivity contribution < 1.29 is 18.7 Å². The molecule has 1 aromatic rings. The second kappa shape index (κ2) is 7.06. The first-order valence-corrected chi connectivity index (χ1v) is 7.08. The first kappa shape index (κ1) is 15.3. The molecule has 114 valence electrons. The van der Waals surface area contributed by atoms with E-state index in [4.69, 9.17) is 10.5 Å². The lowest BCUT2D eigenvalue weighted by atomic mass is 10.2. The number of anilines is 1. The van der Waals surface area contributed by atoms with E-state index < -0.39 is 11.8 Å². The van der Waals surface area contributed by atoms with Gasteiger partial charge in [0.05, 0.1) is 11.3 Å². The quantitative estimate of drug-likeness (QED) is 0.683. The van der Waals surface area contributed by atoms with Gasteiger partial charge in [-0.25, -0.2) is 9.18 Å². The van der Waals surface area contributed by atoms with E-state index in [9.17, 15) is 14.0 Å². The van der Waals surface area contributed by atoms with E-state index in [1.807, 2.05) is 0 Å². The Morgan fingerprint density at radius 3 is 2.48 bits per heavy atom. The van der Waals surface area contributed by atoms with Crippen LogP contribution >= 0.6 is 0 Å². The molecule has 1 saturated heterocycles. The highest BCUT2D eigenvalue weighted by Crippen LogP contribution is 2.13. The molecule has 1 amide bonds. The van der Waals surface area contributed by atoms with Gasteiger partial charge in [0.25, 0.3) is 5.91 Å². The third kappa shape index (κ3) is 4.18. The molecule has 21 heavy (non-hydrogen) atoms. The maximum Gasteiger partial charge on any atom is 0.338 e. The number of amides is 1. The fraction of sp³-hybridized carbons (Fsp3) is 0.467. The molecule has 5 nitrogen and oxygen atoms in total. The Bertz CT molecular complexity index is 526. The van der Waals surface area contributed by atoms with Gasteiger partial charge in [0, 0.05) is 13.1 Å². The zero-order chi connectivity index (χ0) is 15.2. The number of carbonyl (C=O) groups excluding carboxylic acids is 2. The van der Waals surface area contributed by atoms with Crippen LogP contribution in [-0.4, -0.2) is 36.5 Å². The average Bonchev–Trinajstić information content (AvgIpc) is 2.76. The molecule has 0 aromatic heterocycles. The number of rotatable bonds is 3. The molecule has 0 aliphatic carbocycles. The summed E-state index contributed by atoms with van der Waals surface area (Å²) in [5.74, 6) is -1.61. The standard InChI is InChI=1S/C15H19FN2O3/c16-12-9-11(5-6-13(12)17)15(20)21-10-14(19)18-7-3-1-2-4-8-18/h5-6,9H,1-4,7-8,10,17H2. The van der Waals surface area contributed by atoms with Crippen molar-refractivity contribution in [3.8, 4) is 0 Å². The summed E-state index contributed by atoms with van der Waals surface area (Å²) in [7, 11) is 0. The number of nitrogens with two attached hydrogens (primary N) is 1. The Labute approximate surface area is 122 Å². The molecule has 0 atom stereocenters. The van der Waals surface area contributed by atoms with Gasteiger partial charge in [-0.05, 0) is 31.0 Å². The molecular weight excluding hydrogens is 275 g/mol. The number of benzene rings is 1. The number of hydrogen-bond donors (Lipinski definition) is 1. The van der Waals surface area contributed by atoms with Crippen molar-refractivity contribution in [3.63, 3.8) is 0 Å². The van der Waals surface area contributed by atoms with Crippen molar-refractivity contribution in [1.29, 1.82) is 0 Å². The summed E-state index contributed by atoms with van der Waals surface area (Å²) in [4.78, 5) is 25.4. The van der Waals surface area contributed by atoms with Crippen LogP contribution in [0.25, 0.3) is 0 Å². The van der Waals surface area contributed by atoms with Gasteiger partial charge in [0.1, 0.15) is 5.82 Å². The van der Waals surface area contributed by atoms with Gasteiger partial charge >= 0.3 is 5.97 Å². The summed E-state index contributed by atoms with van der Waals surface area (Å²) in [6.45, 7) is 1.09. The van der Waals surface area contributed by atoms with Crippen LogP contribution in [0.4, 0.5) is 10.1 Å². The van der Waals surface area contributed by atoms with Crippen LogP contribution in [0.2, 0.25) is 0 Å². The normalized spacial score (nSPS) is 15.4. The highest BCUT2D eigenvalue weighted by atomic mass is 19.1. The number of nitrogens with zero attached hydrogens (tertiary/aromatic N) is 1. The zero-order valence-corrected chi connectivity index (χ0v) is 11.8. The molecule has 2 N–H and O–H groups in total. The van der Waals surface area contributed by atoms with Gasteiger partial charge in [0.2, 0.25) is 0 Å². The molecule has 0 unspecified atom stereocenters. The number of halogens is 1. The van der Waals surface area contributed by atoms with Gasteiger partial charge in [-0.2, -0.15) is 0 Å².